The molecule has 0 saturated heterocycles. The average Bonchev–Trinajstić information content (AvgIpc) is 2.59. The Labute approximate surface area is 151 Å². The van der Waals surface area contributed by atoms with Crippen molar-refractivity contribution in [1.82, 2.24) is 5.32 Å². The monoisotopic (exact) mass is 391 g/mol. The molecule has 0 bridgehead atoms. The van der Waals surface area contributed by atoms with Crippen LogP contribution in [0.25, 0.3) is 0 Å². The fraction of sp³-hybridized carbons (Fsp3) is 0.316. The van der Waals surface area contributed by atoms with Crippen molar-refractivity contribution in [2.75, 3.05) is 13.2 Å². The quantitative estimate of drug-likeness (QED) is 0.736. The summed E-state index contributed by atoms with van der Waals surface area (Å²) < 4.78 is 11.9. The van der Waals surface area contributed by atoms with Gasteiger partial charge < -0.3 is 14.8 Å². The van der Waals surface area contributed by atoms with Crippen LogP contribution in [0.2, 0.25) is 0 Å². The number of hydrogen-bond acceptors (Lipinski definition) is 3. The van der Waals surface area contributed by atoms with E-state index in [9.17, 15) is 4.79 Å². The molecule has 0 aliphatic rings. The molecule has 4 nitrogen and oxygen atoms in total. The van der Waals surface area contributed by atoms with E-state index in [0.29, 0.717) is 18.9 Å². The Morgan fingerprint density at radius 1 is 1.08 bits per heavy atom. The lowest BCUT2D eigenvalue weighted by atomic mass is 10.2. The lowest BCUT2D eigenvalue weighted by Crippen LogP contribution is -2.28. The Morgan fingerprint density at radius 2 is 1.92 bits per heavy atom. The highest BCUT2D eigenvalue weighted by Gasteiger charge is 2.06. The summed E-state index contributed by atoms with van der Waals surface area (Å²) in [4.78, 5) is 12.0. The maximum atomic E-state index is 12.0. The molecule has 0 radical (unpaired) electrons. The molecule has 128 valence electrons. The Hall–Kier alpha value is -2.01. The number of amides is 1. The first kappa shape index (κ1) is 18.3. The molecule has 0 atom stereocenters. The molecule has 0 aliphatic heterocycles. The van der Waals surface area contributed by atoms with Gasteiger partial charge >= 0.3 is 0 Å². The number of rotatable bonds is 8. The van der Waals surface area contributed by atoms with Gasteiger partial charge in [-0.1, -0.05) is 25.1 Å². The summed E-state index contributed by atoms with van der Waals surface area (Å²) >= 11 is 3.47. The van der Waals surface area contributed by atoms with Crippen molar-refractivity contribution in [1.29, 1.82) is 0 Å². The van der Waals surface area contributed by atoms with Crippen molar-refractivity contribution in [3.8, 4) is 11.5 Å². The summed E-state index contributed by atoms with van der Waals surface area (Å²) in [7, 11) is 0. The van der Waals surface area contributed by atoms with Gasteiger partial charge in [0.05, 0.1) is 11.1 Å². The fourth-order valence-electron chi connectivity index (χ4n) is 2.19. The Morgan fingerprint density at radius 3 is 2.62 bits per heavy atom. The average molecular weight is 392 g/mol. The van der Waals surface area contributed by atoms with Gasteiger partial charge in [0, 0.05) is 6.54 Å². The maximum absolute atomic E-state index is 12.0. The molecule has 5 heteroatoms. The molecule has 0 unspecified atom stereocenters. The highest BCUT2D eigenvalue weighted by Crippen LogP contribution is 2.26. The topological polar surface area (TPSA) is 47.6 Å². The minimum atomic E-state index is -0.164. The van der Waals surface area contributed by atoms with Crippen LogP contribution < -0.4 is 14.8 Å². The predicted molar refractivity (Wildman–Crippen MR) is 98.5 cm³/mol. The van der Waals surface area contributed by atoms with E-state index in [4.69, 9.17) is 9.47 Å². The van der Waals surface area contributed by atoms with Crippen molar-refractivity contribution in [3.63, 3.8) is 0 Å². The zero-order valence-corrected chi connectivity index (χ0v) is 15.6. The van der Waals surface area contributed by atoms with E-state index in [1.165, 1.54) is 5.56 Å². The first-order chi connectivity index (χ1) is 11.6. The third kappa shape index (κ3) is 5.57. The first-order valence-corrected chi connectivity index (χ1v) is 8.81. The minimum Gasteiger partial charge on any atom is -0.494 e. The molecular formula is C19H22BrNO3. The van der Waals surface area contributed by atoms with Gasteiger partial charge in [0.15, 0.2) is 6.61 Å². The Balaban J connectivity index is 1.82. The predicted octanol–water partition coefficient (Wildman–Crippen LogP) is 4.11. The van der Waals surface area contributed by atoms with Crippen molar-refractivity contribution in [2.24, 2.45) is 0 Å². The van der Waals surface area contributed by atoms with Gasteiger partial charge in [-0.05, 0) is 64.7 Å². The maximum Gasteiger partial charge on any atom is 0.258 e. The summed E-state index contributed by atoms with van der Waals surface area (Å²) in [5.41, 5.74) is 2.20. The molecular weight excluding hydrogens is 370 g/mol. The third-order valence-corrected chi connectivity index (χ3v) is 4.08. The zero-order valence-electron chi connectivity index (χ0n) is 14.0. The van der Waals surface area contributed by atoms with Crippen LogP contribution in [-0.2, 0) is 17.8 Å². The van der Waals surface area contributed by atoms with E-state index < -0.39 is 0 Å². The second-order valence-electron chi connectivity index (χ2n) is 5.26. The van der Waals surface area contributed by atoms with Crippen LogP contribution >= 0.6 is 15.9 Å². The van der Waals surface area contributed by atoms with Gasteiger partial charge in [-0.15, -0.1) is 0 Å². The minimum absolute atomic E-state index is 0.0186. The van der Waals surface area contributed by atoms with Gasteiger partial charge in [0.1, 0.15) is 11.5 Å². The van der Waals surface area contributed by atoms with E-state index in [1.54, 1.807) is 0 Å². The molecule has 0 fully saturated rings. The highest BCUT2D eigenvalue weighted by atomic mass is 79.9. The smallest absolute Gasteiger partial charge is 0.258 e. The second kappa shape index (κ2) is 9.33. The Bertz CT molecular complexity index is 688. The molecule has 0 saturated carbocycles. The number of nitrogens with one attached hydrogen (secondary N) is 1. The number of aryl methyl sites for hydroxylation is 1. The number of benzene rings is 2. The van der Waals surface area contributed by atoms with Crippen molar-refractivity contribution in [3.05, 3.63) is 58.1 Å². The number of hydrogen-bond donors (Lipinski definition) is 1. The zero-order chi connectivity index (χ0) is 17.4. The molecule has 24 heavy (non-hydrogen) atoms. The normalized spacial score (nSPS) is 10.3. The first-order valence-electron chi connectivity index (χ1n) is 8.02. The van der Waals surface area contributed by atoms with Crippen LogP contribution in [0, 0.1) is 0 Å². The SMILES string of the molecule is CCOc1cccc(CNC(=O)COc2ccc(CC)cc2Br)c1. The molecule has 2 aromatic carbocycles. The van der Waals surface area contributed by atoms with Crippen molar-refractivity contribution < 1.29 is 14.3 Å². The lowest BCUT2D eigenvalue weighted by Gasteiger charge is -2.10. The van der Waals surface area contributed by atoms with E-state index in [0.717, 1.165) is 22.2 Å². The van der Waals surface area contributed by atoms with E-state index in [2.05, 4.69) is 28.2 Å². The van der Waals surface area contributed by atoms with E-state index >= 15 is 0 Å². The number of carbonyl (C=O) groups is 1. The molecule has 1 amide bonds. The molecule has 2 rings (SSSR count). The number of ether oxygens (including phenoxy) is 2. The van der Waals surface area contributed by atoms with Gasteiger partial charge in [0.25, 0.3) is 5.91 Å². The number of halogens is 1. The highest BCUT2D eigenvalue weighted by molar-refractivity contribution is 9.10. The van der Waals surface area contributed by atoms with Crippen LogP contribution in [0.5, 0.6) is 11.5 Å². The van der Waals surface area contributed by atoms with Crippen LogP contribution in [-0.4, -0.2) is 19.1 Å². The molecule has 0 aromatic heterocycles. The van der Waals surface area contributed by atoms with Crippen molar-refractivity contribution >= 4 is 21.8 Å². The Kier molecular flexibility index (Phi) is 7.12. The van der Waals surface area contributed by atoms with Crippen LogP contribution in [0.3, 0.4) is 0 Å². The summed E-state index contributed by atoms with van der Waals surface area (Å²) in [5.74, 6) is 1.31. The van der Waals surface area contributed by atoms with Gasteiger partial charge in [-0.3, -0.25) is 4.79 Å². The molecule has 0 spiro atoms. The standard InChI is InChI=1S/C19H22BrNO3/c1-3-14-8-9-18(17(20)11-14)24-13-19(22)21-12-15-6-5-7-16(10-15)23-4-2/h5-11H,3-4,12-13H2,1-2H3,(H,21,22). The van der Waals surface area contributed by atoms with Crippen LogP contribution in [0.15, 0.2) is 46.9 Å². The largest absolute Gasteiger partial charge is 0.494 e. The number of carbonyl (C=O) groups excluding carboxylic acids is 1. The molecule has 1 N–H and O–H groups in total. The summed E-state index contributed by atoms with van der Waals surface area (Å²) in [6.07, 6.45) is 0.959. The summed E-state index contributed by atoms with van der Waals surface area (Å²) in [6, 6.07) is 13.6. The fourth-order valence-corrected chi connectivity index (χ4v) is 2.73. The van der Waals surface area contributed by atoms with E-state index in [1.807, 2.05) is 49.4 Å². The lowest BCUT2D eigenvalue weighted by molar-refractivity contribution is -0.123. The summed E-state index contributed by atoms with van der Waals surface area (Å²) in [6.45, 7) is 5.08. The molecule has 0 aliphatic carbocycles. The third-order valence-electron chi connectivity index (χ3n) is 3.46. The van der Waals surface area contributed by atoms with Crippen LogP contribution in [0.4, 0.5) is 0 Å². The van der Waals surface area contributed by atoms with Gasteiger partial charge in [0.2, 0.25) is 0 Å². The second-order valence-corrected chi connectivity index (χ2v) is 6.12. The van der Waals surface area contributed by atoms with Gasteiger partial charge in [-0.2, -0.15) is 0 Å². The molecule has 2 aromatic rings. The van der Waals surface area contributed by atoms with E-state index in [-0.39, 0.29) is 12.5 Å². The van der Waals surface area contributed by atoms with Gasteiger partial charge in [-0.25, -0.2) is 0 Å². The molecule has 0 heterocycles. The van der Waals surface area contributed by atoms with Crippen molar-refractivity contribution in [2.45, 2.75) is 26.8 Å². The summed E-state index contributed by atoms with van der Waals surface area (Å²) in [5, 5.41) is 2.85. The van der Waals surface area contributed by atoms with Crippen LogP contribution in [0.1, 0.15) is 25.0 Å².